The second-order valence-electron chi connectivity index (χ2n) is 5.33. The Labute approximate surface area is 126 Å². The first kappa shape index (κ1) is 14.3. The molecule has 1 saturated heterocycles. The summed E-state index contributed by atoms with van der Waals surface area (Å²) in [5.41, 5.74) is 1.46. The van der Waals surface area contributed by atoms with Gasteiger partial charge in [-0.25, -0.2) is 4.39 Å². The van der Waals surface area contributed by atoms with Gasteiger partial charge in [-0.3, -0.25) is 4.79 Å². The second kappa shape index (κ2) is 5.62. The number of carbonyl (C=O) groups excluding carboxylic acids is 1. The predicted octanol–water partition coefficient (Wildman–Crippen LogP) is 1.97. The number of amides is 1. The minimum Gasteiger partial charge on any atom is -0.391 e. The van der Waals surface area contributed by atoms with E-state index in [9.17, 15) is 14.3 Å². The number of β-amino-alcohol motifs (C(OH)–C–C–N with tert-alkyl or cyclic N) is 1. The first-order valence-corrected chi connectivity index (χ1v) is 6.91. The van der Waals surface area contributed by atoms with E-state index in [2.05, 4.69) is 4.98 Å². The van der Waals surface area contributed by atoms with E-state index in [1.54, 1.807) is 17.0 Å². The van der Waals surface area contributed by atoms with Crippen molar-refractivity contribution in [2.75, 3.05) is 6.54 Å². The second-order valence-corrected chi connectivity index (χ2v) is 5.33. The fourth-order valence-corrected chi connectivity index (χ4v) is 2.78. The molecule has 1 aromatic carbocycles. The van der Waals surface area contributed by atoms with Crippen molar-refractivity contribution < 1.29 is 14.3 Å². The summed E-state index contributed by atoms with van der Waals surface area (Å²) in [6.45, 7) is 0.210. The third-order valence-electron chi connectivity index (χ3n) is 3.84. The zero-order chi connectivity index (χ0) is 15.7. The van der Waals surface area contributed by atoms with Crippen LogP contribution in [0, 0.1) is 17.1 Å². The van der Waals surface area contributed by atoms with Crippen LogP contribution < -0.4 is 0 Å². The fourth-order valence-electron chi connectivity index (χ4n) is 2.78. The van der Waals surface area contributed by atoms with Crippen LogP contribution in [0.4, 0.5) is 4.39 Å². The molecule has 0 bridgehead atoms. The molecule has 2 aromatic rings. The largest absolute Gasteiger partial charge is 0.391 e. The van der Waals surface area contributed by atoms with Crippen LogP contribution in [0.25, 0.3) is 0 Å². The van der Waals surface area contributed by atoms with Crippen molar-refractivity contribution in [3.05, 3.63) is 59.2 Å². The monoisotopic (exact) mass is 299 g/mol. The van der Waals surface area contributed by atoms with Gasteiger partial charge in [0.05, 0.1) is 17.7 Å². The van der Waals surface area contributed by atoms with Crippen molar-refractivity contribution in [3.8, 4) is 6.07 Å². The molecular formula is C16H14FN3O2. The van der Waals surface area contributed by atoms with Gasteiger partial charge in [0.25, 0.3) is 5.91 Å². The van der Waals surface area contributed by atoms with E-state index < -0.39 is 6.10 Å². The molecule has 5 nitrogen and oxygen atoms in total. The van der Waals surface area contributed by atoms with Crippen molar-refractivity contribution >= 4 is 5.91 Å². The zero-order valence-corrected chi connectivity index (χ0v) is 11.7. The number of aliphatic hydroxyl groups excluding tert-OH is 1. The number of carbonyl (C=O) groups is 1. The molecule has 0 spiro atoms. The number of aromatic amines is 1. The molecule has 1 amide bonds. The van der Waals surface area contributed by atoms with Crippen LogP contribution in [-0.4, -0.2) is 33.5 Å². The van der Waals surface area contributed by atoms with Crippen molar-refractivity contribution in [2.24, 2.45) is 0 Å². The maximum atomic E-state index is 13.0. The van der Waals surface area contributed by atoms with Gasteiger partial charge in [0.1, 0.15) is 17.6 Å². The summed E-state index contributed by atoms with van der Waals surface area (Å²) in [4.78, 5) is 16.9. The summed E-state index contributed by atoms with van der Waals surface area (Å²) in [5.74, 6) is -0.629. The minimum absolute atomic E-state index is 0.210. The lowest BCUT2D eigenvalue weighted by Gasteiger charge is -2.24. The molecule has 0 radical (unpaired) electrons. The summed E-state index contributed by atoms with van der Waals surface area (Å²) in [7, 11) is 0. The molecular weight excluding hydrogens is 285 g/mol. The molecule has 2 heterocycles. The number of aromatic nitrogens is 1. The Morgan fingerprint density at radius 1 is 1.41 bits per heavy atom. The average molecular weight is 299 g/mol. The third kappa shape index (κ3) is 2.59. The Morgan fingerprint density at radius 2 is 2.14 bits per heavy atom. The van der Waals surface area contributed by atoms with Gasteiger partial charge in [-0.1, -0.05) is 12.1 Å². The van der Waals surface area contributed by atoms with Gasteiger partial charge in [-0.05, 0) is 30.2 Å². The summed E-state index contributed by atoms with van der Waals surface area (Å²) in [5, 5.41) is 18.7. The van der Waals surface area contributed by atoms with E-state index in [1.807, 2.05) is 6.07 Å². The van der Waals surface area contributed by atoms with Gasteiger partial charge in [0, 0.05) is 12.7 Å². The highest BCUT2D eigenvalue weighted by Gasteiger charge is 2.36. The van der Waals surface area contributed by atoms with Gasteiger partial charge in [0.2, 0.25) is 0 Å². The Hall–Kier alpha value is -2.65. The smallest absolute Gasteiger partial charge is 0.270 e. The molecule has 2 N–H and O–H groups in total. The number of nitrogens with zero attached hydrogens (tertiary/aromatic N) is 2. The number of halogens is 1. The van der Waals surface area contributed by atoms with Crippen LogP contribution in [0.1, 0.15) is 34.1 Å². The number of benzene rings is 1. The van der Waals surface area contributed by atoms with Crippen LogP contribution in [0.5, 0.6) is 0 Å². The van der Waals surface area contributed by atoms with Crippen molar-refractivity contribution in [1.29, 1.82) is 5.26 Å². The summed E-state index contributed by atoms with van der Waals surface area (Å²) < 4.78 is 13.0. The molecule has 0 aliphatic carbocycles. The SMILES string of the molecule is N#Cc1c[nH]c(C(=O)N2CC(O)CC2c2ccc(F)cc2)c1. The molecule has 1 fully saturated rings. The molecule has 1 aromatic heterocycles. The summed E-state index contributed by atoms with van der Waals surface area (Å²) in [6, 6.07) is 9.04. The van der Waals surface area contributed by atoms with Gasteiger partial charge in [0.15, 0.2) is 0 Å². The molecule has 3 rings (SSSR count). The topological polar surface area (TPSA) is 80.1 Å². The van der Waals surface area contributed by atoms with Crippen LogP contribution >= 0.6 is 0 Å². The molecule has 112 valence electrons. The van der Waals surface area contributed by atoms with E-state index in [0.717, 1.165) is 5.56 Å². The number of rotatable bonds is 2. The molecule has 1 aliphatic rings. The van der Waals surface area contributed by atoms with Crippen molar-refractivity contribution in [3.63, 3.8) is 0 Å². The average Bonchev–Trinajstić information content (AvgIpc) is 3.14. The first-order chi connectivity index (χ1) is 10.6. The first-order valence-electron chi connectivity index (χ1n) is 6.91. The Morgan fingerprint density at radius 3 is 2.77 bits per heavy atom. The van der Waals surface area contributed by atoms with E-state index in [0.29, 0.717) is 17.7 Å². The maximum absolute atomic E-state index is 13.0. The van der Waals surface area contributed by atoms with E-state index in [-0.39, 0.29) is 24.3 Å². The lowest BCUT2D eigenvalue weighted by Crippen LogP contribution is -2.32. The number of likely N-dealkylation sites (tertiary alicyclic amines) is 1. The predicted molar refractivity (Wildman–Crippen MR) is 76.3 cm³/mol. The Kier molecular flexibility index (Phi) is 3.65. The zero-order valence-electron chi connectivity index (χ0n) is 11.7. The Bertz CT molecular complexity index is 733. The lowest BCUT2D eigenvalue weighted by molar-refractivity contribution is 0.0710. The quantitative estimate of drug-likeness (QED) is 0.889. The molecule has 6 heteroatoms. The number of hydrogen-bond donors (Lipinski definition) is 2. The van der Waals surface area contributed by atoms with Crippen LogP contribution in [-0.2, 0) is 0 Å². The van der Waals surface area contributed by atoms with Crippen LogP contribution in [0.15, 0.2) is 36.5 Å². The number of hydrogen-bond acceptors (Lipinski definition) is 3. The highest BCUT2D eigenvalue weighted by molar-refractivity contribution is 5.93. The van der Waals surface area contributed by atoms with Gasteiger partial charge >= 0.3 is 0 Å². The molecule has 2 unspecified atom stereocenters. The minimum atomic E-state index is -0.621. The number of nitrogens with one attached hydrogen (secondary N) is 1. The highest BCUT2D eigenvalue weighted by Crippen LogP contribution is 2.33. The van der Waals surface area contributed by atoms with E-state index in [1.165, 1.54) is 24.4 Å². The molecule has 1 aliphatic heterocycles. The molecule has 22 heavy (non-hydrogen) atoms. The number of nitriles is 1. The van der Waals surface area contributed by atoms with E-state index >= 15 is 0 Å². The Balaban J connectivity index is 1.88. The molecule has 2 atom stereocenters. The lowest BCUT2D eigenvalue weighted by atomic mass is 10.0. The van der Waals surface area contributed by atoms with Gasteiger partial charge in [-0.2, -0.15) is 5.26 Å². The number of aliphatic hydroxyl groups is 1. The third-order valence-corrected chi connectivity index (χ3v) is 3.84. The maximum Gasteiger partial charge on any atom is 0.270 e. The van der Waals surface area contributed by atoms with Crippen molar-refractivity contribution in [2.45, 2.75) is 18.6 Å². The summed E-state index contributed by atoms with van der Waals surface area (Å²) in [6.07, 6.45) is 1.25. The van der Waals surface area contributed by atoms with Gasteiger partial charge < -0.3 is 15.0 Å². The van der Waals surface area contributed by atoms with Gasteiger partial charge in [-0.15, -0.1) is 0 Å². The van der Waals surface area contributed by atoms with Crippen LogP contribution in [0.2, 0.25) is 0 Å². The standard InChI is InChI=1S/C16H14FN3O2/c17-12-3-1-11(2-4-12)15-6-13(21)9-20(15)16(22)14-5-10(7-18)8-19-14/h1-5,8,13,15,19,21H,6,9H2. The number of H-pyrrole nitrogens is 1. The molecule has 0 saturated carbocycles. The van der Waals surface area contributed by atoms with E-state index in [4.69, 9.17) is 5.26 Å². The normalized spacial score (nSPS) is 20.9. The highest BCUT2D eigenvalue weighted by atomic mass is 19.1. The fraction of sp³-hybridized carbons (Fsp3) is 0.250. The van der Waals surface area contributed by atoms with Crippen LogP contribution in [0.3, 0.4) is 0 Å². The van der Waals surface area contributed by atoms with Crippen molar-refractivity contribution in [1.82, 2.24) is 9.88 Å². The summed E-state index contributed by atoms with van der Waals surface area (Å²) >= 11 is 0.